The van der Waals surface area contributed by atoms with Crippen LogP contribution in [0.3, 0.4) is 0 Å². The number of carbonyl (C=O) groups is 1. The Kier molecular flexibility index (Phi) is 6.53. The summed E-state index contributed by atoms with van der Waals surface area (Å²) < 4.78 is 2.13. The molecule has 2 N–H and O–H groups in total. The summed E-state index contributed by atoms with van der Waals surface area (Å²) in [5.74, 6) is 1.58. The van der Waals surface area contributed by atoms with Gasteiger partial charge in [0, 0.05) is 18.5 Å². The summed E-state index contributed by atoms with van der Waals surface area (Å²) in [4.78, 5) is 12.5. The first kappa shape index (κ1) is 18.5. The number of amides is 1. The van der Waals surface area contributed by atoms with Crippen LogP contribution < -0.4 is 10.6 Å². The van der Waals surface area contributed by atoms with Crippen LogP contribution >= 0.6 is 11.8 Å². The minimum absolute atomic E-state index is 0.105. The Balaban J connectivity index is 1.66. The Morgan fingerprint density at radius 1 is 1.36 bits per heavy atom. The van der Waals surface area contributed by atoms with Gasteiger partial charge in [-0.1, -0.05) is 30.7 Å². The van der Waals surface area contributed by atoms with E-state index in [0.29, 0.717) is 18.5 Å². The average Bonchev–Trinajstić information content (AvgIpc) is 3.26. The SMILES string of the molecule is C=CCn1c(SC(C)C(=O)NC2CCCC2)nnc1C1CCNCC1. The number of nitrogens with one attached hydrogen (secondary N) is 2. The normalized spacial score (nSPS) is 20.5. The van der Waals surface area contributed by atoms with Crippen molar-refractivity contribution in [1.29, 1.82) is 0 Å². The molecule has 1 amide bonds. The number of hydrogen-bond acceptors (Lipinski definition) is 5. The number of piperidine rings is 1. The predicted octanol–water partition coefficient (Wildman–Crippen LogP) is 2.47. The van der Waals surface area contributed by atoms with Gasteiger partial charge in [-0.3, -0.25) is 4.79 Å². The average molecular weight is 364 g/mol. The van der Waals surface area contributed by atoms with E-state index in [1.54, 1.807) is 0 Å². The smallest absolute Gasteiger partial charge is 0.233 e. The van der Waals surface area contributed by atoms with E-state index >= 15 is 0 Å². The fraction of sp³-hybridized carbons (Fsp3) is 0.722. The van der Waals surface area contributed by atoms with Gasteiger partial charge >= 0.3 is 0 Å². The molecule has 138 valence electrons. The minimum Gasteiger partial charge on any atom is -0.352 e. The molecule has 7 heteroatoms. The second-order valence-corrected chi connectivity index (χ2v) is 8.32. The van der Waals surface area contributed by atoms with Crippen molar-refractivity contribution in [3.05, 3.63) is 18.5 Å². The van der Waals surface area contributed by atoms with E-state index in [0.717, 1.165) is 49.8 Å². The third-order valence-electron chi connectivity index (χ3n) is 5.11. The molecule has 0 bridgehead atoms. The van der Waals surface area contributed by atoms with Crippen LogP contribution in [0.1, 0.15) is 57.2 Å². The van der Waals surface area contributed by atoms with Gasteiger partial charge in [0.1, 0.15) is 5.82 Å². The van der Waals surface area contributed by atoms with Gasteiger partial charge in [0.2, 0.25) is 5.91 Å². The maximum Gasteiger partial charge on any atom is 0.233 e. The van der Waals surface area contributed by atoms with Gasteiger partial charge < -0.3 is 15.2 Å². The van der Waals surface area contributed by atoms with Crippen LogP contribution in [0, 0.1) is 0 Å². The first-order valence-electron chi connectivity index (χ1n) is 9.40. The molecule has 1 unspecified atom stereocenters. The highest BCUT2D eigenvalue weighted by Gasteiger charge is 2.26. The Hall–Kier alpha value is -1.34. The zero-order chi connectivity index (χ0) is 17.6. The molecule has 0 aromatic carbocycles. The monoisotopic (exact) mass is 363 g/mol. The van der Waals surface area contributed by atoms with E-state index in [2.05, 4.69) is 32.0 Å². The Labute approximate surface area is 154 Å². The van der Waals surface area contributed by atoms with Crippen molar-refractivity contribution < 1.29 is 4.79 Å². The molecular weight excluding hydrogens is 334 g/mol. The topological polar surface area (TPSA) is 71.8 Å². The van der Waals surface area contributed by atoms with E-state index in [4.69, 9.17) is 0 Å². The highest BCUT2D eigenvalue weighted by Crippen LogP contribution is 2.29. The number of hydrogen-bond donors (Lipinski definition) is 2. The molecular formula is C18H29N5OS. The molecule has 1 saturated heterocycles. The van der Waals surface area contributed by atoms with Crippen LogP contribution in [0.5, 0.6) is 0 Å². The van der Waals surface area contributed by atoms with Crippen molar-refractivity contribution in [2.24, 2.45) is 0 Å². The van der Waals surface area contributed by atoms with Gasteiger partial charge in [-0.25, -0.2) is 0 Å². The molecule has 1 aliphatic carbocycles. The number of allylic oxidation sites excluding steroid dienone is 1. The number of thioether (sulfide) groups is 1. The Morgan fingerprint density at radius 3 is 2.76 bits per heavy atom. The largest absolute Gasteiger partial charge is 0.352 e. The lowest BCUT2D eigenvalue weighted by Gasteiger charge is -2.22. The van der Waals surface area contributed by atoms with Crippen LogP contribution in [0.25, 0.3) is 0 Å². The number of carbonyl (C=O) groups excluding carboxylic acids is 1. The van der Waals surface area contributed by atoms with Crippen molar-refractivity contribution in [2.45, 2.75) is 74.4 Å². The molecule has 1 aromatic heterocycles. The van der Waals surface area contributed by atoms with Crippen LogP contribution in [-0.2, 0) is 11.3 Å². The highest BCUT2D eigenvalue weighted by molar-refractivity contribution is 8.00. The summed E-state index contributed by atoms with van der Waals surface area (Å²) in [6, 6.07) is 0.354. The fourth-order valence-corrected chi connectivity index (χ4v) is 4.54. The molecule has 0 spiro atoms. The molecule has 6 nitrogen and oxygen atoms in total. The summed E-state index contributed by atoms with van der Waals surface area (Å²) in [5, 5.41) is 16.1. The van der Waals surface area contributed by atoms with Crippen molar-refractivity contribution in [1.82, 2.24) is 25.4 Å². The molecule has 1 aliphatic heterocycles. The molecule has 3 rings (SSSR count). The Bertz CT molecular complexity index is 590. The van der Waals surface area contributed by atoms with Crippen molar-refractivity contribution >= 4 is 17.7 Å². The van der Waals surface area contributed by atoms with E-state index in [1.807, 2.05) is 13.0 Å². The van der Waals surface area contributed by atoms with Gasteiger partial charge in [-0.2, -0.15) is 0 Å². The molecule has 0 radical (unpaired) electrons. The second-order valence-electron chi connectivity index (χ2n) is 7.01. The third kappa shape index (κ3) is 4.64. The molecule has 2 fully saturated rings. The third-order valence-corrected chi connectivity index (χ3v) is 6.19. The Morgan fingerprint density at radius 2 is 2.08 bits per heavy atom. The molecule has 1 aromatic rings. The summed E-state index contributed by atoms with van der Waals surface area (Å²) >= 11 is 1.50. The van der Waals surface area contributed by atoms with Crippen LogP contribution in [-0.4, -0.2) is 45.1 Å². The molecule has 25 heavy (non-hydrogen) atoms. The number of nitrogens with zero attached hydrogens (tertiary/aromatic N) is 3. The van der Waals surface area contributed by atoms with Crippen LogP contribution in [0.4, 0.5) is 0 Å². The lowest BCUT2D eigenvalue weighted by atomic mass is 9.97. The first-order chi connectivity index (χ1) is 12.2. The molecule has 2 aliphatic rings. The second kappa shape index (κ2) is 8.85. The maximum absolute atomic E-state index is 12.5. The van der Waals surface area contributed by atoms with E-state index in [1.165, 1.54) is 24.6 Å². The van der Waals surface area contributed by atoms with E-state index in [9.17, 15) is 4.79 Å². The highest BCUT2D eigenvalue weighted by atomic mass is 32.2. The van der Waals surface area contributed by atoms with Crippen LogP contribution in [0.15, 0.2) is 17.8 Å². The zero-order valence-electron chi connectivity index (χ0n) is 15.0. The standard InChI is InChI=1S/C18H29N5OS/c1-3-12-23-16(14-8-10-19-11-9-14)21-22-18(23)25-13(2)17(24)20-15-6-4-5-7-15/h3,13-15,19H,1,4-12H2,2H3,(H,20,24). The minimum atomic E-state index is -0.172. The van der Waals surface area contributed by atoms with Crippen molar-refractivity contribution in [3.8, 4) is 0 Å². The lowest BCUT2D eigenvalue weighted by molar-refractivity contribution is -0.120. The lowest BCUT2D eigenvalue weighted by Crippen LogP contribution is -2.37. The van der Waals surface area contributed by atoms with E-state index < -0.39 is 0 Å². The van der Waals surface area contributed by atoms with Gasteiger partial charge in [-0.15, -0.1) is 16.8 Å². The zero-order valence-corrected chi connectivity index (χ0v) is 15.9. The summed E-state index contributed by atoms with van der Waals surface area (Å²) in [6.45, 7) is 8.55. The number of rotatable bonds is 7. The predicted molar refractivity (Wildman–Crippen MR) is 101 cm³/mol. The van der Waals surface area contributed by atoms with E-state index in [-0.39, 0.29) is 11.2 Å². The van der Waals surface area contributed by atoms with Gasteiger partial charge in [0.15, 0.2) is 5.16 Å². The van der Waals surface area contributed by atoms with Crippen molar-refractivity contribution in [3.63, 3.8) is 0 Å². The van der Waals surface area contributed by atoms with Crippen molar-refractivity contribution in [2.75, 3.05) is 13.1 Å². The first-order valence-corrected chi connectivity index (χ1v) is 10.3. The van der Waals surface area contributed by atoms with Gasteiger partial charge in [0.05, 0.1) is 5.25 Å². The summed E-state index contributed by atoms with van der Waals surface area (Å²) in [6.07, 6.45) is 8.70. The summed E-state index contributed by atoms with van der Waals surface area (Å²) in [7, 11) is 0. The van der Waals surface area contributed by atoms with Gasteiger partial charge in [0.25, 0.3) is 0 Å². The maximum atomic E-state index is 12.5. The molecule has 2 heterocycles. The fourth-order valence-electron chi connectivity index (χ4n) is 3.67. The molecule has 1 atom stereocenters. The quantitative estimate of drug-likeness (QED) is 0.575. The molecule has 1 saturated carbocycles. The van der Waals surface area contributed by atoms with Crippen LogP contribution in [0.2, 0.25) is 0 Å². The van der Waals surface area contributed by atoms with Gasteiger partial charge in [-0.05, 0) is 45.7 Å². The number of aromatic nitrogens is 3. The summed E-state index contributed by atoms with van der Waals surface area (Å²) in [5.41, 5.74) is 0.